The van der Waals surface area contributed by atoms with Gasteiger partial charge in [-0.25, -0.2) is 0 Å². The third-order valence-electron chi connectivity index (χ3n) is 2.81. The van der Waals surface area contributed by atoms with Crippen LogP contribution in [0.2, 0.25) is 0 Å². The van der Waals surface area contributed by atoms with Gasteiger partial charge in [-0.3, -0.25) is 0 Å². The molecule has 1 fully saturated rings. The topological polar surface area (TPSA) is 64.5 Å². The molecule has 16 heavy (non-hydrogen) atoms. The summed E-state index contributed by atoms with van der Waals surface area (Å²) in [5.41, 5.74) is 14.2. The summed E-state index contributed by atoms with van der Waals surface area (Å²) < 4.78 is 5.69. The second-order valence-corrected chi connectivity index (χ2v) is 4.48. The van der Waals surface area contributed by atoms with Gasteiger partial charge in [-0.1, -0.05) is 0 Å². The van der Waals surface area contributed by atoms with Crippen molar-refractivity contribution in [1.82, 2.24) is 0 Å². The zero-order valence-corrected chi connectivity index (χ0v) is 9.81. The van der Waals surface area contributed by atoms with E-state index in [1.54, 1.807) is 6.07 Å². The van der Waals surface area contributed by atoms with E-state index in [-0.39, 0.29) is 12.2 Å². The molecule has 4 nitrogen and oxygen atoms in total. The molecule has 1 aliphatic heterocycles. The van der Waals surface area contributed by atoms with E-state index in [0.29, 0.717) is 5.69 Å². The van der Waals surface area contributed by atoms with Crippen LogP contribution in [0.4, 0.5) is 17.1 Å². The maximum atomic E-state index is 5.98. The Morgan fingerprint density at radius 1 is 1.19 bits per heavy atom. The molecule has 1 heterocycles. The van der Waals surface area contributed by atoms with E-state index < -0.39 is 0 Å². The highest BCUT2D eigenvalue weighted by atomic mass is 16.5. The summed E-state index contributed by atoms with van der Waals surface area (Å²) in [6.45, 7) is 5.91. The van der Waals surface area contributed by atoms with Crippen LogP contribution in [-0.2, 0) is 4.74 Å². The molecule has 1 aromatic carbocycles. The monoisotopic (exact) mass is 221 g/mol. The van der Waals surface area contributed by atoms with Crippen molar-refractivity contribution in [2.75, 3.05) is 29.5 Å². The Morgan fingerprint density at radius 3 is 2.38 bits per heavy atom. The molecule has 0 unspecified atom stereocenters. The highest BCUT2D eigenvalue weighted by Gasteiger charge is 2.23. The van der Waals surface area contributed by atoms with Gasteiger partial charge < -0.3 is 21.1 Å². The maximum absolute atomic E-state index is 5.98. The molecule has 0 aliphatic carbocycles. The van der Waals surface area contributed by atoms with Gasteiger partial charge in [0.05, 0.1) is 23.6 Å². The Bertz CT molecular complexity index is 371. The molecule has 0 aromatic heterocycles. The van der Waals surface area contributed by atoms with Crippen LogP contribution in [0.25, 0.3) is 0 Å². The quantitative estimate of drug-likeness (QED) is 0.705. The van der Waals surface area contributed by atoms with E-state index in [2.05, 4.69) is 18.7 Å². The Hall–Kier alpha value is -1.42. The predicted octanol–water partition coefficient (Wildman–Crippen LogP) is 1.46. The molecule has 0 radical (unpaired) electrons. The summed E-state index contributed by atoms with van der Waals surface area (Å²) in [4.78, 5) is 2.26. The standard InChI is InChI=1S/C12H19N3O/c1-8-6-15(7-9(2)16-8)12-4-3-10(13)5-11(12)14/h3-5,8-9H,6-7,13-14H2,1-2H3/t8-,9+. The molecule has 1 saturated heterocycles. The average molecular weight is 221 g/mol. The van der Waals surface area contributed by atoms with Gasteiger partial charge in [0, 0.05) is 18.8 Å². The third-order valence-corrected chi connectivity index (χ3v) is 2.81. The van der Waals surface area contributed by atoms with Crippen molar-refractivity contribution < 1.29 is 4.74 Å². The maximum Gasteiger partial charge on any atom is 0.0726 e. The Kier molecular flexibility index (Phi) is 2.92. The Balaban J connectivity index is 2.23. The van der Waals surface area contributed by atoms with Gasteiger partial charge in [-0.15, -0.1) is 0 Å². The molecule has 4 heteroatoms. The van der Waals surface area contributed by atoms with Crippen LogP contribution in [0.1, 0.15) is 13.8 Å². The number of nitrogen functional groups attached to an aromatic ring is 2. The molecular formula is C12H19N3O. The smallest absolute Gasteiger partial charge is 0.0726 e. The van der Waals surface area contributed by atoms with Crippen molar-refractivity contribution in [2.24, 2.45) is 0 Å². The first-order chi connectivity index (χ1) is 7.56. The molecule has 0 saturated carbocycles. The van der Waals surface area contributed by atoms with E-state index in [1.165, 1.54) is 0 Å². The lowest BCUT2D eigenvalue weighted by Crippen LogP contribution is -2.45. The van der Waals surface area contributed by atoms with Crippen molar-refractivity contribution in [3.05, 3.63) is 18.2 Å². The van der Waals surface area contributed by atoms with E-state index in [0.717, 1.165) is 24.5 Å². The number of benzene rings is 1. The number of nitrogens with zero attached hydrogens (tertiary/aromatic N) is 1. The summed E-state index contributed by atoms with van der Waals surface area (Å²) in [5, 5.41) is 0. The number of morpholine rings is 1. The van der Waals surface area contributed by atoms with E-state index in [4.69, 9.17) is 16.2 Å². The number of hydrogen-bond acceptors (Lipinski definition) is 4. The first-order valence-electron chi connectivity index (χ1n) is 5.61. The highest BCUT2D eigenvalue weighted by Crippen LogP contribution is 2.27. The lowest BCUT2D eigenvalue weighted by molar-refractivity contribution is -0.00516. The van der Waals surface area contributed by atoms with Gasteiger partial charge in [0.15, 0.2) is 0 Å². The van der Waals surface area contributed by atoms with E-state index in [9.17, 15) is 0 Å². The van der Waals surface area contributed by atoms with Crippen molar-refractivity contribution in [3.63, 3.8) is 0 Å². The molecule has 2 rings (SSSR count). The lowest BCUT2D eigenvalue weighted by Gasteiger charge is -2.37. The predicted molar refractivity (Wildman–Crippen MR) is 67.5 cm³/mol. The minimum absolute atomic E-state index is 0.237. The second-order valence-electron chi connectivity index (χ2n) is 4.48. The molecule has 1 aliphatic rings. The van der Waals surface area contributed by atoms with Gasteiger partial charge in [0.2, 0.25) is 0 Å². The molecule has 0 bridgehead atoms. The minimum Gasteiger partial charge on any atom is -0.399 e. The number of rotatable bonds is 1. The van der Waals surface area contributed by atoms with Crippen LogP contribution in [0.15, 0.2) is 18.2 Å². The van der Waals surface area contributed by atoms with Gasteiger partial charge >= 0.3 is 0 Å². The fraction of sp³-hybridized carbons (Fsp3) is 0.500. The average Bonchev–Trinajstić information content (AvgIpc) is 2.15. The molecular weight excluding hydrogens is 202 g/mol. The van der Waals surface area contributed by atoms with Crippen LogP contribution in [0, 0.1) is 0 Å². The largest absolute Gasteiger partial charge is 0.399 e. The number of nitrogens with two attached hydrogens (primary N) is 2. The van der Waals surface area contributed by atoms with E-state index in [1.807, 2.05) is 12.1 Å². The Morgan fingerprint density at radius 2 is 1.81 bits per heavy atom. The van der Waals surface area contributed by atoms with Crippen LogP contribution < -0.4 is 16.4 Å². The van der Waals surface area contributed by atoms with E-state index >= 15 is 0 Å². The minimum atomic E-state index is 0.237. The number of anilines is 3. The molecule has 88 valence electrons. The summed E-state index contributed by atoms with van der Waals surface area (Å²) in [6.07, 6.45) is 0.474. The summed E-state index contributed by atoms with van der Waals surface area (Å²) in [7, 11) is 0. The summed E-state index contributed by atoms with van der Waals surface area (Å²) in [5.74, 6) is 0. The van der Waals surface area contributed by atoms with Crippen molar-refractivity contribution >= 4 is 17.1 Å². The molecule has 0 spiro atoms. The first kappa shape index (κ1) is 11.1. The normalized spacial score (nSPS) is 25.8. The van der Waals surface area contributed by atoms with Gasteiger partial charge in [-0.2, -0.15) is 0 Å². The summed E-state index contributed by atoms with van der Waals surface area (Å²) in [6, 6.07) is 5.67. The van der Waals surface area contributed by atoms with Gasteiger partial charge in [0.25, 0.3) is 0 Å². The zero-order chi connectivity index (χ0) is 11.7. The number of ether oxygens (including phenoxy) is 1. The fourth-order valence-corrected chi connectivity index (χ4v) is 2.24. The zero-order valence-electron chi connectivity index (χ0n) is 9.81. The van der Waals surface area contributed by atoms with Crippen LogP contribution in [-0.4, -0.2) is 25.3 Å². The van der Waals surface area contributed by atoms with Crippen LogP contribution in [0.5, 0.6) is 0 Å². The molecule has 2 atom stereocenters. The van der Waals surface area contributed by atoms with Crippen LogP contribution in [0.3, 0.4) is 0 Å². The summed E-state index contributed by atoms with van der Waals surface area (Å²) >= 11 is 0. The molecule has 1 aromatic rings. The van der Waals surface area contributed by atoms with Crippen LogP contribution >= 0.6 is 0 Å². The lowest BCUT2D eigenvalue weighted by atomic mass is 10.1. The van der Waals surface area contributed by atoms with Crippen molar-refractivity contribution in [2.45, 2.75) is 26.1 Å². The van der Waals surface area contributed by atoms with Gasteiger partial charge in [-0.05, 0) is 32.0 Å². The first-order valence-corrected chi connectivity index (χ1v) is 5.61. The second kappa shape index (κ2) is 4.22. The fourth-order valence-electron chi connectivity index (χ4n) is 2.24. The van der Waals surface area contributed by atoms with Gasteiger partial charge in [0.1, 0.15) is 0 Å². The Labute approximate surface area is 96.2 Å². The number of hydrogen-bond donors (Lipinski definition) is 2. The molecule has 0 amide bonds. The van der Waals surface area contributed by atoms with Crippen molar-refractivity contribution in [3.8, 4) is 0 Å². The van der Waals surface area contributed by atoms with Crippen molar-refractivity contribution in [1.29, 1.82) is 0 Å². The SMILES string of the molecule is C[C@@H]1CN(c2ccc(N)cc2N)C[C@H](C)O1. The highest BCUT2D eigenvalue weighted by molar-refractivity contribution is 5.72. The third kappa shape index (κ3) is 2.22. The molecule has 4 N–H and O–H groups in total.